The molecule has 2 heterocycles. The van der Waals surface area contributed by atoms with Crippen molar-refractivity contribution < 1.29 is 0 Å². The number of pyridine rings is 2. The Balaban J connectivity index is 2.48. The standard InChI is InChI=1S/C11H9N2/c1-9-6-10(8-12-7-9)11-4-2-3-5-13-11/h2-4,6-8H,1H3. The van der Waals surface area contributed by atoms with Gasteiger partial charge in [-0.2, -0.15) is 0 Å². The van der Waals surface area contributed by atoms with Crippen molar-refractivity contribution in [1.29, 1.82) is 0 Å². The molecule has 2 heteroatoms. The molecule has 0 aliphatic rings. The molecule has 1 radical (unpaired) electrons. The van der Waals surface area contributed by atoms with Crippen molar-refractivity contribution in [3.05, 3.63) is 48.4 Å². The predicted molar refractivity (Wildman–Crippen MR) is 51.0 cm³/mol. The van der Waals surface area contributed by atoms with Gasteiger partial charge in [0.2, 0.25) is 0 Å². The van der Waals surface area contributed by atoms with Gasteiger partial charge in [-0.25, -0.2) is 4.98 Å². The van der Waals surface area contributed by atoms with E-state index in [2.05, 4.69) is 22.2 Å². The summed E-state index contributed by atoms with van der Waals surface area (Å²) in [6, 6.07) is 7.72. The van der Waals surface area contributed by atoms with E-state index in [9.17, 15) is 0 Å². The Hall–Kier alpha value is -1.70. The van der Waals surface area contributed by atoms with Crippen LogP contribution < -0.4 is 0 Å². The van der Waals surface area contributed by atoms with Crippen molar-refractivity contribution in [1.82, 2.24) is 9.97 Å². The third-order valence-electron chi connectivity index (χ3n) is 1.78. The molecule has 0 aliphatic carbocycles. The van der Waals surface area contributed by atoms with Crippen LogP contribution in [0.4, 0.5) is 0 Å². The first-order valence-corrected chi connectivity index (χ1v) is 4.11. The molecule has 0 bridgehead atoms. The van der Waals surface area contributed by atoms with Crippen LogP contribution in [0.2, 0.25) is 0 Å². The molecule has 63 valence electrons. The molecular weight excluding hydrogens is 160 g/mol. The molecule has 0 unspecified atom stereocenters. The average molecular weight is 169 g/mol. The lowest BCUT2D eigenvalue weighted by atomic mass is 10.1. The summed E-state index contributed by atoms with van der Waals surface area (Å²) >= 11 is 0. The smallest absolute Gasteiger partial charge is 0.0893 e. The number of hydrogen-bond acceptors (Lipinski definition) is 2. The molecule has 0 aliphatic heterocycles. The van der Waals surface area contributed by atoms with Crippen molar-refractivity contribution in [2.75, 3.05) is 0 Å². The maximum atomic E-state index is 4.13. The fourth-order valence-electron chi connectivity index (χ4n) is 1.18. The summed E-state index contributed by atoms with van der Waals surface area (Å²) in [7, 11) is 0. The molecule has 2 rings (SSSR count). The number of aromatic nitrogens is 2. The highest BCUT2D eigenvalue weighted by molar-refractivity contribution is 5.57. The van der Waals surface area contributed by atoms with E-state index < -0.39 is 0 Å². The lowest BCUT2D eigenvalue weighted by Crippen LogP contribution is -1.84. The molecule has 13 heavy (non-hydrogen) atoms. The first kappa shape index (κ1) is 7.92. The Morgan fingerprint density at radius 2 is 2.23 bits per heavy atom. The first-order chi connectivity index (χ1) is 6.36. The quantitative estimate of drug-likeness (QED) is 0.654. The van der Waals surface area contributed by atoms with Gasteiger partial charge in [-0.05, 0) is 30.7 Å². The summed E-state index contributed by atoms with van der Waals surface area (Å²) in [6.45, 7) is 2.02. The second-order valence-corrected chi connectivity index (χ2v) is 2.90. The molecule has 0 saturated carbocycles. The normalized spacial score (nSPS) is 9.92. The van der Waals surface area contributed by atoms with Gasteiger partial charge >= 0.3 is 0 Å². The topological polar surface area (TPSA) is 25.8 Å². The van der Waals surface area contributed by atoms with Crippen LogP contribution in [0.25, 0.3) is 11.3 Å². The molecule has 0 N–H and O–H groups in total. The summed E-state index contributed by atoms with van der Waals surface area (Å²) < 4.78 is 0. The molecule has 2 aromatic rings. The van der Waals surface area contributed by atoms with E-state index in [0.717, 1.165) is 16.8 Å². The lowest BCUT2D eigenvalue weighted by molar-refractivity contribution is 1.24. The second kappa shape index (κ2) is 3.35. The number of rotatable bonds is 1. The van der Waals surface area contributed by atoms with Crippen LogP contribution in [0.5, 0.6) is 0 Å². The van der Waals surface area contributed by atoms with Crippen molar-refractivity contribution >= 4 is 0 Å². The van der Waals surface area contributed by atoms with Crippen LogP contribution in [0.1, 0.15) is 5.56 Å². The molecule has 0 saturated heterocycles. The maximum Gasteiger partial charge on any atom is 0.0893 e. The van der Waals surface area contributed by atoms with Gasteiger partial charge in [0.1, 0.15) is 0 Å². The highest BCUT2D eigenvalue weighted by Gasteiger charge is 1.97. The monoisotopic (exact) mass is 169 g/mol. The van der Waals surface area contributed by atoms with E-state index >= 15 is 0 Å². The predicted octanol–water partition coefficient (Wildman–Crippen LogP) is 2.25. The van der Waals surface area contributed by atoms with Crippen molar-refractivity contribution in [2.45, 2.75) is 6.92 Å². The van der Waals surface area contributed by atoms with E-state index in [1.807, 2.05) is 31.5 Å². The number of aryl methyl sites for hydroxylation is 1. The third-order valence-corrected chi connectivity index (χ3v) is 1.78. The van der Waals surface area contributed by atoms with Gasteiger partial charge in [-0.15, -0.1) is 0 Å². The number of nitrogens with zero attached hydrogens (tertiary/aromatic N) is 2. The Kier molecular flexibility index (Phi) is 2.04. The van der Waals surface area contributed by atoms with Gasteiger partial charge < -0.3 is 0 Å². The second-order valence-electron chi connectivity index (χ2n) is 2.90. The fourth-order valence-corrected chi connectivity index (χ4v) is 1.18. The summed E-state index contributed by atoms with van der Waals surface area (Å²) in [5.41, 5.74) is 3.10. The van der Waals surface area contributed by atoms with Gasteiger partial charge in [0, 0.05) is 18.0 Å². The van der Waals surface area contributed by atoms with Crippen molar-refractivity contribution in [3.8, 4) is 11.3 Å². The minimum absolute atomic E-state index is 0.915. The van der Waals surface area contributed by atoms with Crippen LogP contribution in [-0.2, 0) is 0 Å². The van der Waals surface area contributed by atoms with Crippen LogP contribution in [0, 0.1) is 13.1 Å². The number of hydrogen-bond donors (Lipinski definition) is 0. The highest BCUT2D eigenvalue weighted by atomic mass is 14.7. The molecular formula is C11H9N2. The minimum atomic E-state index is 0.915. The summed E-state index contributed by atoms with van der Waals surface area (Å²) in [4.78, 5) is 8.23. The zero-order chi connectivity index (χ0) is 9.10. The van der Waals surface area contributed by atoms with Gasteiger partial charge in [0.05, 0.1) is 11.9 Å². The van der Waals surface area contributed by atoms with Gasteiger partial charge in [0.25, 0.3) is 0 Å². The maximum absolute atomic E-state index is 4.13. The van der Waals surface area contributed by atoms with Crippen molar-refractivity contribution in [3.63, 3.8) is 0 Å². The van der Waals surface area contributed by atoms with Crippen LogP contribution in [0.3, 0.4) is 0 Å². The molecule has 0 fully saturated rings. The zero-order valence-electron chi connectivity index (χ0n) is 7.36. The highest BCUT2D eigenvalue weighted by Crippen LogP contribution is 2.15. The molecule has 0 aromatic carbocycles. The molecule has 0 atom stereocenters. The fraction of sp³-hybridized carbons (Fsp3) is 0.0909. The first-order valence-electron chi connectivity index (χ1n) is 4.11. The van der Waals surface area contributed by atoms with E-state index in [-0.39, 0.29) is 0 Å². The molecule has 0 amide bonds. The van der Waals surface area contributed by atoms with Gasteiger partial charge in [-0.1, -0.05) is 6.07 Å². The minimum Gasteiger partial charge on any atom is -0.264 e. The Morgan fingerprint density at radius 1 is 1.31 bits per heavy atom. The summed E-state index contributed by atoms with van der Waals surface area (Å²) in [6.07, 6.45) is 6.44. The molecule has 0 spiro atoms. The van der Waals surface area contributed by atoms with Gasteiger partial charge in [-0.3, -0.25) is 4.98 Å². The average Bonchev–Trinajstić information content (AvgIpc) is 2.19. The van der Waals surface area contributed by atoms with Crippen LogP contribution in [-0.4, -0.2) is 9.97 Å². The van der Waals surface area contributed by atoms with Crippen molar-refractivity contribution in [2.24, 2.45) is 0 Å². The summed E-state index contributed by atoms with van der Waals surface area (Å²) in [5, 5.41) is 0. The zero-order valence-corrected chi connectivity index (χ0v) is 7.36. The van der Waals surface area contributed by atoms with Gasteiger partial charge in [0.15, 0.2) is 0 Å². The Labute approximate surface area is 77.3 Å². The largest absolute Gasteiger partial charge is 0.264 e. The molecule has 2 aromatic heterocycles. The van der Waals surface area contributed by atoms with E-state index in [1.54, 1.807) is 6.07 Å². The summed E-state index contributed by atoms with van der Waals surface area (Å²) in [5.74, 6) is 0. The Bertz CT molecular complexity index is 396. The molecule has 2 nitrogen and oxygen atoms in total. The third kappa shape index (κ3) is 1.72. The van der Waals surface area contributed by atoms with Crippen LogP contribution >= 0.6 is 0 Å². The van der Waals surface area contributed by atoms with Crippen LogP contribution in [0.15, 0.2) is 36.7 Å². The lowest BCUT2D eigenvalue weighted by Gasteiger charge is -1.99. The SMILES string of the molecule is Cc1cncc(-c2ccc[c]n2)c1. The van der Waals surface area contributed by atoms with E-state index in [0.29, 0.717) is 0 Å². The van der Waals surface area contributed by atoms with E-state index in [1.165, 1.54) is 0 Å². The Morgan fingerprint density at radius 3 is 2.92 bits per heavy atom. The van der Waals surface area contributed by atoms with E-state index in [4.69, 9.17) is 0 Å².